The van der Waals surface area contributed by atoms with Gasteiger partial charge in [-0.15, -0.1) is 0 Å². The lowest BCUT2D eigenvalue weighted by molar-refractivity contribution is -0.138. The molecule has 1 aromatic heterocycles. The Kier molecular flexibility index (Phi) is 7.24. The van der Waals surface area contributed by atoms with Crippen molar-refractivity contribution in [3.8, 4) is 0 Å². The van der Waals surface area contributed by atoms with Crippen molar-refractivity contribution in [1.29, 1.82) is 0 Å². The normalized spacial score (nSPS) is 17.6. The van der Waals surface area contributed by atoms with Gasteiger partial charge in [-0.1, -0.05) is 26.0 Å². The number of carboxylic acid groups (broad SMARTS) is 1. The largest absolute Gasteiger partial charge is 0.481 e. The summed E-state index contributed by atoms with van der Waals surface area (Å²) in [5.41, 5.74) is 3.36. The number of carbonyl (C=O) groups is 1. The van der Waals surface area contributed by atoms with Crippen LogP contribution in [0.5, 0.6) is 0 Å². The molecular formula is C24H29BrF3NO2. The summed E-state index contributed by atoms with van der Waals surface area (Å²) in [6.45, 7) is 6.27. The Morgan fingerprint density at radius 3 is 2.42 bits per heavy atom. The number of fused-ring (bicyclic) bond motifs is 1. The van der Waals surface area contributed by atoms with Gasteiger partial charge in [-0.3, -0.25) is 4.79 Å². The monoisotopic (exact) mass is 499 g/mol. The van der Waals surface area contributed by atoms with E-state index in [1.165, 1.54) is 0 Å². The molecule has 1 aliphatic carbocycles. The third-order valence-corrected chi connectivity index (χ3v) is 7.30. The van der Waals surface area contributed by atoms with Gasteiger partial charge in [0, 0.05) is 21.8 Å². The first-order valence-electron chi connectivity index (χ1n) is 10.8. The zero-order valence-corrected chi connectivity index (χ0v) is 19.7. The van der Waals surface area contributed by atoms with Crippen LogP contribution in [-0.2, 0) is 17.4 Å². The maximum Gasteiger partial charge on any atom is 0.416 e. The van der Waals surface area contributed by atoms with E-state index in [0.29, 0.717) is 5.92 Å². The number of nitrogens with zero attached hydrogens (tertiary/aromatic N) is 1. The lowest BCUT2D eigenvalue weighted by atomic mass is 9.85. The first kappa shape index (κ1) is 23.9. The molecule has 31 heavy (non-hydrogen) atoms. The molecule has 0 spiro atoms. The van der Waals surface area contributed by atoms with Gasteiger partial charge in [0.05, 0.1) is 18.0 Å². The van der Waals surface area contributed by atoms with Gasteiger partial charge in [0.15, 0.2) is 0 Å². The van der Waals surface area contributed by atoms with Gasteiger partial charge in [-0.05, 0) is 84.1 Å². The summed E-state index contributed by atoms with van der Waals surface area (Å²) in [6, 6.07) is 5.30. The molecule has 0 amide bonds. The Hall–Kier alpha value is -1.76. The number of carboxylic acids is 1. The summed E-state index contributed by atoms with van der Waals surface area (Å²) in [5.74, 6) is -0.475. The van der Waals surface area contributed by atoms with Gasteiger partial charge in [-0.25, -0.2) is 0 Å². The third-order valence-electron chi connectivity index (χ3n) is 6.25. The topological polar surface area (TPSA) is 42.2 Å². The molecule has 1 aliphatic rings. The van der Waals surface area contributed by atoms with E-state index in [9.17, 15) is 23.1 Å². The fourth-order valence-corrected chi connectivity index (χ4v) is 5.34. The molecular weight excluding hydrogens is 471 g/mol. The molecule has 0 fully saturated rings. The van der Waals surface area contributed by atoms with Crippen LogP contribution in [-0.4, -0.2) is 15.6 Å². The van der Waals surface area contributed by atoms with Crippen LogP contribution < -0.4 is 0 Å². The predicted molar refractivity (Wildman–Crippen MR) is 118 cm³/mol. The summed E-state index contributed by atoms with van der Waals surface area (Å²) >= 11 is 3.72. The van der Waals surface area contributed by atoms with Crippen LogP contribution in [0, 0.1) is 12.8 Å². The van der Waals surface area contributed by atoms with Gasteiger partial charge >= 0.3 is 12.1 Å². The Balaban J connectivity index is 2.13. The molecule has 170 valence electrons. The third kappa shape index (κ3) is 5.18. The van der Waals surface area contributed by atoms with E-state index in [4.69, 9.17) is 0 Å². The van der Waals surface area contributed by atoms with Crippen LogP contribution >= 0.6 is 15.9 Å². The summed E-state index contributed by atoms with van der Waals surface area (Å²) in [7, 11) is 0. The smallest absolute Gasteiger partial charge is 0.416 e. The van der Waals surface area contributed by atoms with Crippen molar-refractivity contribution in [1.82, 2.24) is 4.57 Å². The van der Waals surface area contributed by atoms with Crippen molar-refractivity contribution in [2.45, 2.75) is 77.4 Å². The van der Waals surface area contributed by atoms with Crippen molar-refractivity contribution < 1.29 is 23.1 Å². The number of benzene rings is 1. The number of aliphatic carboxylic acids is 1. The molecule has 0 saturated heterocycles. The van der Waals surface area contributed by atoms with Gasteiger partial charge in [0.2, 0.25) is 0 Å². The van der Waals surface area contributed by atoms with Crippen molar-refractivity contribution in [3.05, 3.63) is 56.8 Å². The second kappa shape index (κ2) is 9.39. The zero-order chi connectivity index (χ0) is 22.9. The van der Waals surface area contributed by atoms with Crippen LogP contribution in [0.25, 0.3) is 0 Å². The molecule has 1 heterocycles. The molecule has 2 atom stereocenters. The average Bonchev–Trinajstić information content (AvgIpc) is 2.93. The second-order valence-corrected chi connectivity index (χ2v) is 9.72. The number of alkyl halides is 3. The lowest BCUT2D eigenvalue weighted by Crippen LogP contribution is -2.22. The molecule has 0 radical (unpaired) electrons. The maximum absolute atomic E-state index is 13.1. The van der Waals surface area contributed by atoms with Crippen LogP contribution in [0.4, 0.5) is 13.2 Å². The van der Waals surface area contributed by atoms with E-state index < -0.39 is 17.7 Å². The lowest BCUT2D eigenvalue weighted by Gasteiger charge is -2.30. The van der Waals surface area contributed by atoms with Crippen molar-refractivity contribution in [2.24, 2.45) is 5.92 Å². The minimum Gasteiger partial charge on any atom is -0.481 e. The zero-order valence-electron chi connectivity index (χ0n) is 18.1. The van der Waals surface area contributed by atoms with Gasteiger partial charge in [0.1, 0.15) is 0 Å². The van der Waals surface area contributed by atoms with Gasteiger partial charge in [-0.2, -0.15) is 13.2 Å². The van der Waals surface area contributed by atoms with Crippen LogP contribution in [0.2, 0.25) is 0 Å². The minimum atomic E-state index is -4.37. The standard InChI is InChI=1S/C24H29BrF3NO2/c1-14(2)7-12-20(16-8-10-18(11-9-16)24(26,27)28)29-15(3)22(25)19-6-4-5-17(23(19)29)13-21(30)31/h8-11,14,17,20H,4-7,12-13H2,1-3H3,(H,30,31). The summed E-state index contributed by atoms with van der Waals surface area (Å²) in [6.07, 6.45) is 0.000259. The van der Waals surface area contributed by atoms with Crippen molar-refractivity contribution >= 4 is 21.9 Å². The summed E-state index contributed by atoms with van der Waals surface area (Å²) in [4.78, 5) is 11.5. The van der Waals surface area contributed by atoms with E-state index >= 15 is 0 Å². The quantitative estimate of drug-likeness (QED) is 0.428. The molecule has 0 saturated carbocycles. The Labute approximate surface area is 189 Å². The van der Waals surface area contributed by atoms with E-state index in [1.807, 2.05) is 6.92 Å². The highest BCUT2D eigenvalue weighted by atomic mass is 79.9. The highest BCUT2D eigenvalue weighted by molar-refractivity contribution is 9.10. The maximum atomic E-state index is 13.1. The van der Waals surface area contributed by atoms with Gasteiger partial charge < -0.3 is 9.67 Å². The molecule has 2 aromatic rings. The van der Waals surface area contributed by atoms with E-state index in [-0.39, 0.29) is 18.4 Å². The fraction of sp³-hybridized carbons (Fsp3) is 0.542. The first-order valence-corrected chi connectivity index (χ1v) is 11.6. The van der Waals surface area contributed by atoms with Crippen molar-refractivity contribution in [3.63, 3.8) is 0 Å². The first-order chi connectivity index (χ1) is 14.5. The SMILES string of the molecule is Cc1c(Br)c2c(n1C(CCC(C)C)c1ccc(C(F)(F)F)cc1)C(CC(=O)O)CCC2. The van der Waals surface area contributed by atoms with E-state index in [0.717, 1.165) is 71.2 Å². The van der Waals surface area contributed by atoms with Crippen LogP contribution in [0.1, 0.15) is 86.0 Å². The molecule has 3 rings (SSSR count). The Bertz CT molecular complexity index is 932. The highest BCUT2D eigenvalue weighted by Crippen LogP contribution is 2.44. The predicted octanol–water partition coefficient (Wildman–Crippen LogP) is 7.50. The molecule has 3 nitrogen and oxygen atoms in total. The van der Waals surface area contributed by atoms with E-state index in [1.54, 1.807) is 12.1 Å². The fourth-order valence-electron chi connectivity index (χ4n) is 4.75. The molecule has 0 bridgehead atoms. The molecule has 1 aromatic carbocycles. The number of halogens is 4. The number of rotatable bonds is 7. The molecule has 2 unspecified atom stereocenters. The van der Waals surface area contributed by atoms with E-state index in [2.05, 4.69) is 34.3 Å². The summed E-state index contributed by atoms with van der Waals surface area (Å²) in [5, 5.41) is 9.47. The van der Waals surface area contributed by atoms with Crippen molar-refractivity contribution in [2.75, 3.05) is 0 Å². The van der Waals surface area contributed by atoms with Crippen LogP contribution in [0.15, 0.2) is 28.7 Å². The Morgan fingerprint density at radius 1 is 1.23 bits per heavy atom. The van der Waals surface area contributed by atoms with Crippen LogP contribution in [0.3, 0.4) is 0 Å². The summed E-state index contributed by atoms with van der Waals surface area (Å²) < 4.78 is 42.5. The number of aromatic nitrogens is 1. The molecule has 0 aliphatic heterocycles. The average molecular weight is 500 g/mol. The molecule has 1 N–H and O–H groups in total. The minimum absolute atomic E-state index is 0.0623. The Morgan fingerprint density at radius 2 is 1.87 bits per heavy atom. The molecule has 7 heteroatoms. The number of hydrogen-bond donors (Lipinski definition) is 1. The van der Waals surface area contributed by atoms with Gasteiger partial charge in [0.25, 0.3) is 0 Å². The second-order valence-electron chi connectivity index (χ2n) is 8.93. The highest BCUT2D eigenvalue weighted by Gasteiger charge is 2.34. The number of hydrogen-bond acceptors (Lipinski definition) is 1.